The largest absolute Gasteiger partial charge is 0.496 e. The average molecular weight is 287 g/mol. The third kappa shape index (κ3) is 5.04. The van der Waals surface area contributed by atoms with Gasteiger partial charge in [0.15, 0.2) is 0 Å². The number of rotatable bonds is 7. The second kappa shape index (κ2) is 6.72. The molecule has 108 valence electrons. The van der Waals surface area contributed by atoms with Gasteiger partial charge in [0.05, 0.1) is 13.4 Å². The van der Waals surface area contributed by atoms with Gasteiger partial charge in [-0.25, -0.2) is 18.1 Å². The van der Waals surface area contributed by atoms with Crippen molar-refractivity contribution in [3.05, 3.63) is 17.8 Å². The number of nitrogens with one attached hydrogen (secondary N) is 1. The summed E-state index contributed by atoms with van der Waals surface area (Å²) in [6, 6.07) is 1.86. The van der Waals surface area contributed by atoms with Gasteiger partial charge in [-0.05, 0) is 13.8 Å². The lowest BCUT2D eigenvalue weighted by molar-refractivity contribution is 0.411. The Morgan fingerprint density at radius 3 is 2.68 bits per heavy atom. The molecule has 0 saturated carbocycles. The van der Waals surface area contributed by atoms with Crippen LogP contribution in [0.2, 0.25) is 0 Å². The van der Waals surface area contributed by atoms with E-state index in [0.717, 1.165) is 29.9 Å². The number of hydrogen-bond acceptors (Lipinski definition) is 5. The summed E-state index contributed by atoms with van der Waals surface area (Å²) in [6.07, 6.45) is 2.90. The number of ether oxygens (including phenoxy) is 1. The zero-order valence-electron chi connectivity index (χ0n) is 11.8. The molecule has 0 amide bonds. The maximum absolute atomic E-state index is 11.0. The van der Waals surface area contributed by atoms with Crippen LogP contribution in [0.5, 0.6) is 5.75 Å². The first kappa shape index (κ1) is 15.7. The van der Waals surface area contributed by atoms with Crippen LogP contribution in [0.4, 0.5) is 5.82 Å². The van der Waals surface area contributed by atoms with Crippen molar-refractivity contribution in [1.29, 1.82) is 0 Å². The van der Waals surface area contributed by atoms with E-state index >= 15 is 0 Å². The summed E-state index contributed by atoms with van der Waals surface area (Å²) in [7, 11) is -1.53. The molecule has 1 rings (SSSR count). The third-order valence-corrected chi connectivity index (χ3v) is 3.44. The molecule has 0 fully saturated rings. The van der Waals surface area contributed by atoms with E-state index in [-0.39, 0.29) is 0 Å². The monoisotopic (exact) mass is 287 g/mol. The smallest absolute Gasteiger partial charge is 0.208 e. The number of hydrogen-bond donors (Lipinski definition) is 1. The molecule has 0 atom stereocenters. The predicted octanol–water partition coefficient (Wildman–Crippen LogP) is 0.774. The Hall–Kier alpha value is -1.34. The zero-order chi connectivity index (χ0) is 14.5. The van der Waals surface area contributed by atoms with E-state index in [0.29, 0.717) is 13.1 Å². The Balaban J connectivity index is 2.74. The lowest BCUT2D eigenvalue weighted by Crippen LogP contribution is -2.34. The molecule has 1 aromatic rings. The Kier molecular flexibility index (Phi) is 5.56. The first-order chi connectivity index (χ1) is 8.87. The summed E-state index contributed by atoms with van der Waals surface area (Å²) in [4.78, 5) is 6.33. The topological polar surface area (TPSA) is 71.5 Å². The number of methoxy groups -OCH3 is 1. The number of likely N-dealkylation sites (N-methyl/N-ethyl adjacent to an activating group) is 1. The van der Waals surface area contributed by atoms with Crippen molar-refractivity contribution < 1.29 is 13.2 Å². The molecule has 0 bridgehead atoms. The van der Waals surface area contributed by atoms with Gasteiger partial charge in [-0.1, -0.05) is 0 Å². The minimum absolute atomic E-state index is 0.352. The van der Waals surface area contributed by atoms with E-state index in [1.54, 1.807) is 13.3 Å². The highest BCUT2D eigenvalue weighted by Crippen LogP contribution is 2.21. The van der Waals surface area contributed by atoms with Gasteiger partial charge in [0.1, 0.15) is 11.6 Å². The number of aryl methyl sites for hydroxylation is 1. The van der Waals surface area contributed by atoms with Crippen molar-refractivity contribution in [2.75, 3.05) is 37.9 Å². The van der Waals surface area contributed by atoms with Gasteiger partial charge in [-0.2, -0.15) is 0 Å². The highest BCUT2D eigenvalue weighted by atomic mass is 32.2. The molecule has 19 heavy (non-hydrogen) atoms. The van der Waals surface area contributed by atoms with Crippen molar-refractivity contribution in [1.82, 2.24) is 9.71 Å². The molecule has 1 N–H and O–H groups in total. The standard InChI is InChI=1S/C12H21N3O3S/c1-5-15(7-6-14-19(4,16)17)12-8-11(18-3)10(2)9-13-12/h8-9,14H,5-7H2,1-4H3. The normalized spacial score (nSPS) is 11.4. The van der Waals surface area contributed by atoms with E-state index in [1.807, 2.05) is 24.8 Å². The summed E-state index contributed by atoms with van der Waals surface area (Å²) < 4.78 is 29.8. The van der Waals surface area contributed by atoms with Crippen LogP contribution in [-0.4, -0.2) is 46.4 Å². The van der Waals surface area contributed by atoms with Gasteiger partial charge in [0.25, 0.3) is 0 Å². The third-order valence-electron chi connectivity index (χ3n) is 2.71. The van der Waals surface area contributed by atoms with Gasteiger partial charge in [-0.3, -0.25) is 0 Å². The minimum atomic E-state index is -3.15. The molecule has 0 aromatic carbocycles. The Morgan fingerprint density at radius 1 is 1.47 bits per heavy atom. The first-order valence-corrected chi connectivity index (χ1v) is 7.96. The van der Waals surface area contributed by atoms with Crippen LogP contribution in [0.3, 0.4) is 0 Å². The zero-order valence-corrected chi connectivity index (χ0v) is 12.6. The van der Waals surface area contributed by atoms with E-state index < -0.39 is 10.0 Å². The van der Waals surface area contributed by atoms with Gasteiger partial charge >= 0.3 is 0 Å². The van der Waals surface area contributed by atoms with Crippen molar-refractivity contribution in [2.24, 2.45) is 0 Å². The van der Waals surface area contributed by atoms with Crippen LogP contribution in [0.25, 0.3) is 0 Å². The average Bonchev–Trinajstić information content (AvgIpc) is 2.34. The molecule has 0 radical (unpaired) electrons. The minimum Gasteiger partial charge on any atom is -0.496 e. The molecule has 0 aliphatic heterocycles. The number of anilines is 1. The summed E-state index contributed by atoms with van der Waals surface area (Å²) >= 11 is 0. The van der Waals surface area contributed by atoms with Gasteiger partial charge in [0, 0.05) is 37.5 Å². The molecule has 1 aromatic heterocycles. The van der Waals surface area contributed by atoms with Crippen LogP contribution in [0.15, 0.2) is 12.3 Å². The van der Waals surface area contributed by atoms with Crippen molar-refractivity contribution >= 4 is 15.8 Å². The Labute approximate surface area is 114 Å². The lowest BCUT2D eigenvalue weighted by atomic mass is 10.2. The van der Waals surface area contributed by atoms with Crippen LogP contribution >= 0.6 is 0 Å². The van der Waals surface area contributed by atoms with Gasteiger partial charge < -0.3 is 9.64 Å². The van der Waals surface area contributed by atoms with Crippen LogP contribution in [-0.2, 0) is 10.0 Å². The fourth-order valence-electron chi connectivity index (χ4n) is 1.69. The van der Waals surface area contributed by atoms with Crippen LogP contribution < -0.4 is 14.4 Å². The maximum atomic E-state index is 11.0. The van der Waals surface area contributed by atoms with Crippen LogP contribution in [0, 0.1) is 6.92 Å². The van der Waals surface area contributed by atoms with E-state index in [9.17, 15) is 8.42 Å². The number of aromatic nitrogens is 1. The summed E-state index contributed by atoms with van der Waals surface area (Å²) in [5, 5.41) is 0. The van der Waals surface area contributed by atoms with E-state index in [4.69, 9.17) is 4.74 Å². The molecular weight excluding hydrogens is 266 g/mol. The molecule has 6 nitrogen and oxygen atoms in total. The Bertz CT molecular complexity index is 517. The van der Waals surface area contributed by atoms with E-state index in [2.05, 4.69) is 9.71 Å². The summed E-state index contributed by atoms with van der Waals surface area (Å²) in [6.45, 7) is 5.57. The predicted molar refractivity (Wildman–Crippen MR) is 76.3 cm³/mol. The fraction of sp³-hybridized carbons (Fsp3) is 0.583. The number of pyridine rings is 1. The van der Waals surface area contributed by atoms with Crippen LogP contribution in [0.1, 0.15) is 12.5 Å². The van der Waals surface area contributed by atoms with Gasteiger partial charge in [-0.15, -0.1) is 0 Å². The molecule has 0 spiro atoms. The summed E-state index contributed by atoms with van der Waals surface area (Å²) in [5.41, 5.74) is 0.969. The van der Waals surface area contributed by atoms with Crippen molar-refractivity contribution in [2.45, 2.75) is 13.8 Å². The van der Waals surface area contributed by atoms with Crippen molar-refractivity contribution in [3.8, 4) is 5.75 Å². The lowest BCUT2D eigenvalue weighted by Gasteiger charge is -2.22. The fourth-order valence-corrected chi connectivity index (χ4v) is 2.15. The first-order valence-electron chi connectivity index (χ1n) is 6.07. The molecule has 0 aliphatic rings. The molecule has 1 heterocycles. The molecule has 0 aliphatic carbocycles. The SMILES string of the molecule is CCN(CCNS(C)(=O)=O)c1cc(OC)c(C)cn1. The molecule has 7 heteroatoms. The molecule has 0 saturated heterocycles. The van der Waals surface area contributed by atoms with Crippen molar-refractivity contribution in [3.63, 3.8) is 0 Å². The highest BCUT2D eigenvalue weighted by Gasteiger charge is 2.09. The molecular formula is C12H21N3O3S. The maximum Gasteiger partial charge on any atom is 0.208 e. The van der Waals surface area contributed by atoms with E-state index in [1.165, 1.54) is 0 Å². The summed E-state index contributed by atoms with van der Waals surface area (Å²) in [5.74, 6) is 1.56. The second-order valence-corrected chi connectivity index (χ2v) is 6.09. The number of sulfonamides is 1. The van der Waals surface area contributed by atoms with Gasteiger partial charge in [0.2, 0.25) is 10.0 Å². The number of nitrogens with zero attached hydrogens (tertiary/aromatic N) is 2. The Morgan fingerprint density at radius 2 is 2.16 bits per heavy atom. The molecule has 0 unspecified atom stereocenters. The quantitative estimate of drug-likeness (QED) is 0.802. The highest BCUT2D eigenvalue weighted by molar-refractivity contribution is 7.88. The second-order valence-electron chi connectivity index (χ2n) is 4.26.